The number of benzene rings is 1. The third-order valence-electron chi connectivity index (χ3n) is 4.69. The van der Waals surface area contributed by atoms with Gasteiger partial charge in [-0.1, -0.05) is 25.1 Å². The molecule has 2 N–H and O–H groups in total. The van der Waals surface area contributed by atoms with E-state index < -0.39 is 0 Å². The number of thiophene rings is 1. The van der Waals surface area contributed by atoms with Crippen LogP contribution in [-0.4, -0.2) is 54.3 Å². The second-order valence-corrected chi connectivity index (χ2v) is 7.36. The van der Waals surface area contributed by atoms with Crippen molar-refractivity contribution >= 4 is 33.2 Å². The van der Waals surface area contributed by atoms with Crippen LogP contribution in [0.4, 0.5) is 0 Å². The standard InChI is InChI=1S/C18H23N3O2S/c1-12(11-19)17(22)20-7-9-21(10-8-20)18(23)16-13(2)14-5-3-4-6-15(14)24-16/h3-6,12H,7-11,19H2,1-2H3. The van der Waals surface area contributed by atoms with E-state index in [1.165, 1.54) is 0 Å². The Morgan fingerprint density at radius 3 is 2.42 bits per heavy atom. The van der Waals surface area contributed by atoms with Gasteiger partial charge in [-0.05, 0) is 23.9 Å². The molecule has 0 radical (unpaired) electrons. The van der Waals surface area contributed by atoms with Crippen LogP contribution >= 0.6 is 11.3 Å². The monoisotopic (exact) mass is 345 g/mol. The van der Waals surface area contributed by atoms with Crippen molar-refractivity contribution in [1.29, 1.82) is 0 Å². The van der Waals surface area contributed by atoms with Gasteiger partial charge >= 0.3 is 0 Å². The van der Waals surface area contributed by atoms with Gasteiger partial charge in [-0.2, -0.15) is 0 Å². The van der Waals surface area contributed by atoms with Crippen molar-refractivity contribution in [2.75, 3.05) is 32.7 Å². The quantitative estimate of drug-likeness (QED) is 0.926. The predicted octanol–water partition coefficient (Wildman–Crippen LogP) is 2.09. The van der Waals surface area contributed by atoms with Gasteiger partial charge in [0.15, 0.2) is 0 Å². The van der Waals surface area contributed by atoms with Crippen LogP contribution in [0.15, 0.2) is 24.3 Å². The van der Waals surface area contributed by atoms with Crippen molar-refractivity contribution in [1.82, 2.24) is 9.80 Å². The molecule has 1 atom stereocenters. The first-order valence-electron chi connectivity index (χ1n) is 8.29. The second-order valence-electron chi connectivity index (χ2n) is 6.31. The molecule has 1 aliphatic rings. The number of nitrogens with two attached hydrogens (primary N) is 1. The molecule has 1 aromatic carbocycles. The number of carbonyl (C=O) groups is 2. The third-order valence-corrected chi connectivity index (χ3v) is 5.95. The zero-order valence-corrected chi connectivity index (χ0v) is 14.9. The summed E-state index contributed by atoms with van der Waals surface area (Å²) in [5.41, 5.74) is 6.63. The van der Waals surface area contributed by atoms with E-state index in [4.69, 9.17) is 5.73 Å². The van der Waals surface area contributed by atoms with Crippen LogP contribution in [0.3, 0.4) is 0 Å². The van der Waals surface area contributed by atoms with E-state index in [0.717, 1.165) is 20.5 Å². The number of aryl methyl sites for hydroxylation is 1. The summed E-state index contributed by atoms with van der Waals surface area (Å²) < 4.78 is 1.14. The van der Waals surface area contributed by atoms with E-state index in [-0.39, 0.29) is 17.7 Å². The van der Waals surface area contributed by atoms with Crippen molar-refractivity contribution in [2.45, 2.75) is 13.8 Å². The summed E-state index contributed by atoms with van der Waals surface area (Å²) in [5.74, 6) is 0.00686. The van der Waals surface area contributed by atoms with Gasteiger partial charge in [0.05, 0.1) is 4.88 Å². The van der Waals surface area contributed by atoms with Crippen LogP contribution in [0.1, 0.15) is 22.2 Å². The highest BCUT2D eigenvalue weighted by molar-refractivity contribution is 7.21. The van der Waals surface area contributed by atoms with Crippen LogP contribution in [0, 0.1) is 12.8 Å². The molecule has 0 saturated carbocycles. The van der Waals surface area contributed by atoms with Gasteiger partial charge in [-0.15, -0.1) is 11.3 Å². The van der Waals surface area contributed by atoms with Crippen molar-refractivity contribution in [2.24, 2.45) is 11.7 Å². The van der Waals surface area contributed by atoms with Crippen molar-refractivity contribution in [3.05, 3.63) is 34.7 Å². The highest BCUT2D eigenvalue weighted by Gasteiger charge is 2.28. The first kappa shape index (κ1) is 16.9. The molecule has 5 nitrogen and oxygen atoms in total. The van der Waals surface area contributed by atoms with Crippen molar-refractivity contribution < 1.29 is 9.59 Å². The van der Waals surface area contributed by atoms with Gasteiger partial charge in [0.1, 0.15) is 0 Å². The fourth-order valence-corrected chi connectivity index (χ4v) is 4.24. The average Bonchev–Trinajstić information content (AvgIpc) is 2.97. The van der Waals surface area contributed by atoms with Crippen LogP contribution < -0.4 is 5.73 Å². The molecule has 6 heteroatoms. The Kier molecular flexibility index (Phi) is 4.87. The van der Waals surface area contributed by atoms with Gasteiger partial charge in [0, 0.05) is 43.3 Å². The predicted molar refractivity (Wildman–Crippen MR) is 97.3 cm³/mol. The lowest BCUT2D eigenvalue weighted by Gasteiger charge is -2.35. The molecule has 1 unspecified atom stereocenters. The lowest BCUT2D eigenvalue weighted by atomic mass is 10.1. The van der Waals surface area contributed by atoms with E-state index in [1.807, 2.05) is 35.8 Å². The molecular formula is C18H23N3O2S. The SMILES string of the molecule is Cc1c(C(=O)N2CCN(C(=O)C(C)CN)CC2)sc2ccccc12. The third kappa shape index (κ3) is 3.03. The van der Waals surface area contributed by atoms with Crippen LogP contribution in [0.25, 0.3) is 10.1 Å². The minimum Gasteiger partial charge on any atom is -0.339 e. The molecule has 1 aliphatic heterocycles. The number of hydrogen-bond donors (Lipinski definition) is 1. The summed E-state index contributed by atoms with van der Waals surface area (Å²) in [6.07, 6.45) is 0. The van der Waals surface area contributed by atoms with Crippen LogP contribution in [0.2, 0.25) is 0 Å². The zero-order chi connectivity index (χ0) is 17.3. The molecule has 2 amide bonds. The Morgan fingerprint density at radius 1 is 1.17 bits per heavy atom. The number of rotatable bonds is 3. The van der Waals surface area contributed by atoms with Crippen LogP contribution in [-0.2, 0) is 4.79 Å². The fraction of sp³-hybridized carbons (Fsp3) is 0.444. The number of piperazine rings is 1. The van der Waals surface area contributed by atoms with Gasteiger partial charge in [-0.3, -0.25) is 9.59 Å². The average molecular weight is 345 g/mol. The maximum atomic E-state index is 12.9. The normalized spacial score (nSPS) is 16.5. The molecule has 3 rings (SSSR count). The number of fused-ring (bicyclic) bond motifs is 1. The smallest absolute Gasteiger partial charge is 0.264 e. The second kappa shape index (κ2) is 6.91. The Labute approximate surface area is 146 Å². The minimum absolute atomic E-state index is 0.0765. The molecule has 0 bridgehead atoms. The molecule has 1 aromatic heterocycles. The number of carbonyl (C=O) groups excluding carboxylic acids is 2. The highest BCUT2D eigenvalue weighted by atomic mass is 32.1. The Morgan fingerprint density at radius 2 is 1.79 bits per heavy atom. The number of hydrogen-bond acceptors (Lipinski definition) is 4. The molecule has 0 spiro atoms. The van der Waals surface area contributed by atoms with Crippen LogP contribution in [0.5, 0.6) is 0 Å². The first-order valence-corrected chi connectivity index (χ1v) is 9.10. The fourth-order valence-electron chi connectivity index (χ4n) is 3.06. The van der Waals surface area contributed by atoms with Crippen molar-refractivity contribution in [3.8, 4) is 0 Å². The van der Waals surface area contributed by atoms with Gasteiger partial charge < -0.3 is 15.5 Å². The molecule has 24 heavy (non-hydrogen) atoms. The van der Waals surface area contributed by atoms with Gasteiger partial charge in [0.25, 0.3) is 5.91 Å². The molecule has 2 heterocycles. The zero-order valence-electron chi connectivity index (χ0n) is 14.1. The lowest BCUT2D eigenvalue weighted by Crippen LogP contribution is -2.52. The van der Waals surface area contributed by atoms with Gasteiger partial charge in [-0.25, -0.2) is 0 Å². The summed E-state index contributed by atoms with van der Waals surface area (Å²) in [7, 11) is 0. The summed E-state index contributed by atoms with van der Waals surface area (Å²) in [6.45, 7) is 6.54. The van der Waals surface area contributed by atoms with E-state index in [0.29, 0.717) is 32.7 Å². The summed E-state index contributed by atoms with van der Waals surface area (Å²) in [4.78, 5) is 29.5. The largest absolute Gasteiger partial charge is 0.339 e. The first-order chi connectivity index (χ1) is 11.5. The maximum absolute atomic E-state index is 12.9. The topological polar surface area (TPSA) is 66.6 Å². The van der Waals surface area contributed by atoms with Crippen molar-refractivity contribution in [3.63, 3.8) is 0 Å². The Balaban J connectivity index is 1.71. The van der Waals surface area contributed by atoms with E-state index in [1.54, 1.807) is 11.3 Å². The van der Waals surface area contributed by atoms with E-state index in [9.17, 15) is 9.59 Å². The molecule has 2 aromatic rings. The molecule has 1 saturated heterocycles. The summed E-state index contributed by atoms with van der Waals surface area (Å²) in [5, 5.41) is 1.15. The summed E-state index contributed by atoms with van der Waals surface area (Å²) in [6, 6.07) is 8.10. The maximum Gasteiger partial charge on any atom is 0.264 e. The molecular weight excluding hydrogens is 322 g/mol. The molecule has 0 aliphatic carbocycles. The number of amides is 2. The summed E-state index contributed by atoms with van der Waals surface area (Å²) >= 11 is 1.55. The van der Waals surface area contributed by atoms with E-state index in [2.05, 4.69) is 12.1 Å². The number of nitrogens with zero attached hydrogens (tertiary/aromatic N) is 2. The molecule has 128 valence electrons. The Bertz CT molecular complexity index is 763. The van der Waals surface area contributed by atoms with Gasteiger partial charge in [0.2, 0.25) is 5.91 Å². The molecule has 1 fully saturated rings. The minimum atomic E-state index is -0.155. The lowest BCUT2D eigenvalue weighted by molar-refractivity contribution is -0.136. The van der Waals surface area contributed by atoms with E-state index >= 15 is 0 Å². The Hall–Kier alpha value is -1.92. The highest BCUT2D eigenvalue weighted by Crippen LogP contribution is 2.31.